The number of aromatic nitrogens is 2. The maximum atomic E-state index is 13.1. The number of nitrogens with one attached hydrogen (secondary N) is 1. The van der Waals surface area contributed by atoms with Gasteiger partial charge in [0.25, 0.3) is 0 Å². The zero-order chi connectivity index (χ0) is 14.9. The summed E-state index contributed by atoms with van der Waals surface area (Å²) in [5.74, 6) is -1.09. The van der Waals surface area contributed by atoms with Gasteiger partial charge in [-0.15, -0.1) is 0 Å². The molecule has 0 amide bonds. The molecule has 1 N–H and O–H groups in total. The summed E-state index contributed by atoms with van der Waals surface area (Å²) < 4.78 is 40.5. The Hall–Kier alpha value is -2.22. The monoisotopic (exact) mass is 298 g/mol. The second-order valence-corrected chi connectivity index (χ2v) is 6.17. The summed E-state index contributed by atoms with van der Waals surface area (Å²) >= 11 is 0. The molecule has 0 aliphatic carbocycles. The molecule has 0 aliphatic heterocycles. The number of rotatable bonds is 3. The van der Waals surface area contributed by atoms with Gasteiger partial charge in [0.05, 0.1) is 0 Å². The van der Waals surface area contributed by atoms with Gasteiger partial charge in [-0.3, -0.25) is 5.10 Å². The lowest BCUT2D eigenvalue weighted by Crippen LogP contribution is -2.09. The lowest BCUT2D eigenvalue weighted by Gasteiger charge is -2.03. The number of halogens is 1. The smallest absolute Gasteiger partial charge is 0.364 e. The van der Waals surface area contributed by atoms with Crippen molar-refractivity contribution >= 4 is 15.8 Å². The van der Waals surface area contributed by atoms with Crippen LogP contribution in [-0.2, 0) is 9.84 Å². The van der Waals surface area contributed by atoms with Gasteiger partial charge in [-0.2, -0.15) is 5.10 Å². The fourth-order valence-corrected chi connectivity index (χ4v) is 1.98. The predicted molar refractivity (Wildman–Crippen MR) is 67.8 cm³/mol. The highest BCUT2D eigenvalue weighted by molar-refractivity contribution is 7.90. The molecule has 1 aromatic carbocycles. The summed E-state index contributed by atoms with van der Waals surface area (Å²) in [5, 5.41) is 5.62. The number of ether oxygens (including phenoxy) is 1. The van der Waals surface area contributed by atoms with Crippen LogP contribution in [0.3, 0.4) is 0 Å². The third-order valence-corrected chi connectivity index (χ3v) is 3.51. The van der Waals surface area contributed by atoms with E-state index in [1.165, 1.54) is 25.1 Å². The van der Waals surface area contributed by atoms with E-state index in [0.717, 1.165) is 12.3 Å². The number of sulfone groups is 1. The normalized spacial score (nSPS) is 11.3. The maximum absolute atomic E-state index is 13.1. The Morgan fingerprint density at radius 3 is 2.60 bits per heavy atom. The molecule has 0 atom stereocenters. The minimum Gasteiger partial charge on any atom is -0.422 e. The SMILES string of the molecule is Cc1cc(OC(=O)c2cc(S(C)(=O)=O)[nH]n2)ccc1F. The number of H-pyrrole nitrogens is 1. The summed E-state index contributed by atoms with van der Waals surface area (Å²) in [7, 11) is -3.48. The molecule has 0 radical (unpaired) electrons. The molecule has 106 valence electrons. The van der Waals surface area contributed by atoms with Crippen molar-refractivity contribution in [2.24, 2.45) is 0 Å². The molecule has 8 heteroatoms. The van der Waals surface area contributed by atoms with Crippen LogP contribution in [0.4, 0.5) is 4.39 Å². The van der Waals surface area contributed by atoms with Crippen molar-refractivity contribution < 1.29 is 22.3 Å². The summed E-state index contributed by atoms with van der Waals surface area (Å²) in [6.07, 6.45) is 0.985. The highest BCUT2D eigenvalue weighted by atomic mass is 32.2. The van der Waals surface area contributed by atoms with Gasteiger partial charge in [0.1, 0.15) is 11.6 Å². The van der Waals surface area contributed by atoms with Gasteiger partial charge in [0.2, 0.25) is 0 Å². The summed E-state index contributed by atoms with van der Waals surface area (Å²) in [5.41, 5.74) is 0.154. The summed E-state index contributed by atoms with van der Waals surface area (Å²) in [4.78, 5) is 11.8. The Balaban J connectivity index is 2.20. The van der Waals surface area contributed by atoms with Crippen LogP contribution in [0.25, 0.3) is 0 Å². The number of aromatic amines is 1. The standard InChI is InChI=1S/C12H11FN2O4S/c1-7-5-8(3-4-9(7)13)19-12(16)10-6-11(15-14-10)20(2,17)18/h3-6H,1-2H3,(H,14,15). The zero-order valence-corrected chi connectivity index (χ0v) is 11.5. The Labute approximate surface area is 114 Å². The van der Waals surface area contributed by atoms with Crippen LogP contribution in [0.5, 0.6) is 5.75 Å². The minimum atomic E-state index is -3.48. The maximum Gasteiger partial charge on any atom is 0.364 e. The van der Waals surface area contributed by atoms with E-state index in [0.29, 0.717) is 5.56 Å². The second-order valence-electron chi connectivity index (χ2n) is 4.19. The van der Waals surface area contributed by atoms with Gasteiger partial charge >= 0.3 is 5.97 Å². The van der Waals surface area contributed by atoms with Gasteiger partial charge < -0.3 is 4.74 Å². The minimum absolute atomic E-state index is 0.151. The molecule has 0 saturated heterocycles. The fraction of sp³-hybridized carbons (Fsp3) is 0.167. The lowest BCUT2D eigenvalue weighted by atomic mass is 10.2. The Morgan fingerprint density at radius 1 is 1.35 bits per heavy atom. The first-order valence-corrected chi connectivity index (χ1v) is 7.40. The van der Waals surface area contributed by atoms with Crippen LogP contribution in [0.1, 0.15) is 16.1 Å². The predicted octanol–water partition coefficient (Wildman–Crippen LogP) is 1.48. The third kappa shape index (κ3) is 3.02. The molecule has 2 rings (SSSR count). The number of hydrogen-bond donors (Lipinski definition) is 1. The highest BCUT2D eigenvalue weighted by Gasteiger charge is 2.17. The zero-order valence-electron chi connectivity index (χ0n) is 10.7. The molecule has 6 nitrogen and oxygen atoms in total. The van der Waals surface area contributed by atoms with Crippen molar-refractivity contribution in [1.29, 1.82) is 0 Å². The van der Waals surface area contributed by atoms with E-state index in [9.17, 15) is 17.6 Å². The van der Waals surface area contributed by atoms with Crippen LogP contribution in [-0.4, -0.2) is 30.8 Å². The van der Waals surface area contributed by atoms with Crippen molar-refractivity contribution in [3.05, 3.63) is 41.3 Å². The van der Waals surface area contributed by atoms with E-state index in [4.69, 9.17) is 4.74 Å². The van der Waals surface area contributed by atoms with Crippen LogP contribution >= 0.6 is 0 Å². The molecule has 1 heterocycles. The molecule has 0 fully saturated rings. The van der Waals surface area contributed by atoms with E-state index >= 15 is 0 Å². The molecule has 0 aliphatic rings. The molecule has 2 aromatic rings. The molecule has 0 saturated carbocycles. The Bertz CT molecular complexity index is 768. The van der Waals surface area contributed by atoms with Crippen LogP contribution in [0.2, 0.25) is 0 Å². The van der Waals surface area contributed by atoms with Crippen LogP contribution in [0.15, 0.2) is 29.3 Å². The van der Waals surface area contributed by atoms with E-state index in [2.05, 4.69) is 10.2 Å². The first kappa shape index (κ1) is 14.2. The molecule has 0 bridgehead atoms. The molecule has 1 aromatic heterocycles. The van der Waals surface area contributed by atoms with Crippen molar-refractivity contribution in [2.75, 3.05) is 6.26 Å². The third-order valence-electron chi connectivity index (χ3n) is 2.50. The number of carbonyl (C=O) groups excluding carboxylic acids is 1. The van der Waals surface area contributed by atoms with Crippen molar-refractivity contribution in [2.45, 2.75) is 11.9 Å². The van der Waals surface area contributed by atoms with Crippen molar-refractivity contribution in [1.82, 2.24) is 10.2 Å². The van der Waals surface area contributed by atoms with E-state index < -0.39 is 21.6 Å². The van der Waals surface area contributed by atoms with E-state index in [-0.39, 0.29) is 16.5 Å². The summed E-state index contributed by atoms with van der Waals surface area (Å²) in [6.45, 7) is 1.53. The van der Waals surface area contributed by atoms with Crippen LogP contribution < -0.4 is 4.74 Å². The molecule has 0 unspecified atom stereocenters. The highest BCUT2D eigenvalue weighted by Crippen LogP contribution is 2.17. The number of carbonyl (C=O) groups is 1. The summed E-state index contributed by atoms with van der Waals surface area (Å²) in [6, 6.07) is 4.90. The van der Waals surface area contributed by atoms with E-state index in [1.54, 1.807) is 0 Å². The van der Waals surface area contributed by atoms with Gasteiger partial charge in [-0.1, -0.05) is 0 Å². The van der Waals surface area contributed by atoms with Gasteiger partial charge in [-0.25, -0.2) is 17.6 Å². The lowest BCUT2D eigenvalue weighted by molar-refractivity contribution is 0.0728. The van der Waals surface area contributed by atoms with Crippen molar-refractivity contribution in [3.63, 3.8) is 0 Å². The molecule has 0 spiro atoms. The first-order valence-electron chi connectivity index (χ1n) is 5.51. The number of esters is 1. The second kappa shape index (κ2) is 5.04. The fourth-order valence-electron chi connectivity index (χ4n) is 1.44. The van der Waals surface area contributed by atoms with Gasteiger partial charge in [0, 0.05) is 12.3 Å². The molecular formula is C12H11FN2O4S. The average molecular weight is 298 g/mol. The number of aryl methyl sites for hydroxylation is 1. The van der Waals surface area contributed by atoms with E-state index in [1.807, 2.05) is 0 Å². The topological polar surface area (TPSA) is 89.1 Å². The number of benzene rings is 1. The Morgan fingerprint density at radius 2 is 2.05 bits per heavy atom. The van der Waals surface area contributed by atoms with Gasteiger partial charge in [-0.05, 0) is 30.7 Å². The molecular weight excluding hydrogens is 287 g/mol. The van der Waals surface area contributed by atoms with Crippen LogP contribution in [0, 0.1) is 12.7 Å². The first-order chi connectivity index (χ1) is 9.27. The molecule has 20 heavy (non-hydrogen) atoms. The number of hydrogen-bond acceptors (Lipinski definition) is 5. The number of nitrogens with zero attached hydrogens (tertiary/aromatic N) is 1. The van der Waals surface area contributed by atoms with Gasteiger partial charge in [0.15, 0.2) is 20.6 Å². The van der Waals surface area contributed by atoms with Crippen molar-refractivity contribution in [3.8, 4) is 5.75 Å². The largest absolute Gasteiger partial charge is 0.422 e. The Kier molecular flexibility index (Phi) is 3.58. The quantitative estimate of drug-likeness (QED) is 0.685. The average Bonchev–Trinajstić information content (AvgIpc) is 2.83.